The summed E-state index contributed by atoms with van der Waals surface area (Å²) >= 11 is 6.72. The number of nitro groups is 1. The highest BCUT2D eigenvalue weighted by molar-refractivity contribution is 9.11. The highest BCUT2D eigenvalue weighted by Crippen LogP contribution is 2.35. The standard InChI is InChI=1S/C15H10Br2FNO3/c16-13-7-10(4-5-19(20)21)8-14(17)15(13)22-9-11-2-1-3-12(18)6-11/h1-8H,9H2/b5-4+. The van der Waals surface area contributed by atoms with E-state index in [1.807, 2.05) is 0 Å². The molecule has 0 aromatic heterocycles. The smallest absolute Gasteiger partial charge is 0.235 e. The van der Waals surface area contributed by atoms with Crippen molar-refractivity contribution in [1.29, 1.82) is 0 Å². The third-order valence-electron chi connectivity index (χ3n) is 2.68. The molecule has 7 heteroatoms. The molecule has 0 aliphatic rings. The van der Waals surface area contributed by atoms with Gasteiger partial charge in [0.2, 0.25) is 6.20 Å². The Balaban J connectivity index is 2.16. The molecule has 0 atom stereocenters. The van der Waals surface area contributed by atoms with Crippen LogP contribution in [0.1, 0.15) is 11.1 Å². The minimum Gasteiger partial charge on any atom is -0.487 e. The van der Waals surface area contributed by atoms with E-state index in [-0.39, 0.29) is 12.4 Å². The topological polar surface area (TPSA) is 52.4 Å². The average Bonchev–Trinajstić information content (AvgIpc) is 2.44. The average molecular weight is 431 g/mol. The second-order valence-electron chi connectivity index (χ2n) is 4.33. The van der Waals surface area contributed by atoms with Crippen molar-refractivity contribution in [2.24, 2.45) is 0 Å². The van der Waals surface area contributed by atoms with Gasteiger partial charge in [-0.2, -0.15) is 0 Å². The summed E-state index contributed by atoms with van der Waals surface area (Å²) in [4.78, 5) is 9.80. The molecular weight excluding hydrogens is 421 g/mol. The van der Waals surface area contributed by atoms with Crippen LogP contribution in [-0.4, -0.2) is 4.92 Å². The van der Waals surface area contributed by atoms with Crippen molar-refractivity contribution in [2.75, 3.05) is 0 Å². The zero-order valence-electron chi connectivity index (χ0n) is 11.1. The summed E-state index contributed by atoms with van der Waals surface area (Å²) in [6.45, 7) is 0.207. The Morgan fingerprint density at radius 3 is 2.50 bits per heavy atom. The summed E-state index contributed by atoms with van der Waals surface area (Å²) in [5.41, 5.74) is 1.35. The number of hydrogen-bond acceptors (Lipinski definition) is 3. The fraction of sp³-hybridized carbons (Fsp3) is 0.0667. The molecule has 114 valence electrons. The van der Waals surface area contributed by atoms with E-state index in [9.17, 15) is 14.5 Å². The van der Waals surface area contributed by atoms with Crippen molar-refractivity contribution >= 4 is 37.9 Å². The van der Waals surface area contributed by atoms with Crippen molar-refractivity contribution < 1.29 is 14.1 Å². The molecule has 2 aromatic rings. The Bertz CT molecular complexity index is 711. The van der Waals surface area contributed by atoms with Crippen LogP contribution in [0.3, 0.4) is 0 Å². The number of halogens is 3. The first-order chi connectivity index (χ1) is 10.5. The third-order valence-corrected chi connectivity index (χ3v) is 3.86. The Morgan fingerprint density at radius 1 is 1.23 bits per heavy atom. The largest absolute Gasteiger partial charge is 0.487 e. The van der Waals surface area contributed by atoms with Crippen molar-refractivity contribution in [3.05, 3.63) is 78.6 Å². The van der Waals surface area contributed by atoms with E-state index in [2.05, 4.69) is 31.9 Å². The van der Waals surface area contributed by atoms with Crippen molar-refractivity contribution in [3.8, 4) is 5.75 Å². The van der Waals surface area contributed by atoms with E-state index in [1.54, 1.807) is 24.3 Å². The molecule has 0 bridgehead atoms. The van der Waals surface area contributed by atoms with Gasteiger partial charge >= 0.3 is 0 Å². The van der Waals surface area contributed by atoms with Gasteiger partial charge < -0.3 is 4.74 Å². The lowest BCUT2D eigenvalue weighted by molar-refractivity contribution is -0.400. The molecule has 0 N–H and O–H groups in total. The van der Waals surface area contributed by atoms with E-state index < -0.39 is 4.92 Å². The Morgan fingerprint density at radius 2 is 1.91 bits per heavy atom. The number of hydrogen-bond donors (Lipinski definition) is 0. The lowest BCUT2D eigenvalue weighted by atomic mass is 10.2. The zero-order valence-corrected chi connectivity index (χ0v) is 14.3. The Labute approximate surface area is 143 Å². The van der Waals surface area contributed by atoms with Crippen LogP contribution in [0.15, 0.2) is 51.5 Å². The van der Waals surface area contributed by atoms with Gasteiger partial charge in [0.25, 0.3) is 0 Å². The number of benzene rings is 2. The molecule has 0 saturated carbocycles. The van der Waals surface area contributed by atoms with Gasteiger partial charge in [0.1, 0.15) is 18.2 Å². The predicted molar refractivity (Wildman–Crippen MR) is 88.6 cm³/mol. The van der Waals surface area contributed by atoms with Crippen LogP contribution < -0.4 is 4.74 Å². The first-order valence-corrected chi connectivity index (χ1v) is 7.72. The summed E-state index contributed by atoms with van der Waals surface area (Å²) in [7, 11) is 0. The lowest BCUT2D eigenvalue weighted by Gasteiger charge is -2.11. The molecule has 0 amide bonds. The maximum Gasteiger partial charge on any atom is 0.235 e. The lowest BCUT2D eigenvalue weighted by Crippen LogP contribution is -1.97. The van der Waals surface area contributed by atoms with Gasteiger partial charge in [-0.3, -0.25) is 10.1 Å². The van der Waals surface area contributed by atoms with Gasteiger partial charge in [-0.15, -0.1) is 0 Å². The fourth-order valence-corrected chi connectivity index (χ4v) is 3.19. The van der Waals surface area contributed by atoms with Crippen LogP contribution in [0.4, 0.5) is 4.39 Å². The van der Waals surface area contributed by atoms with E-state index >= 15 is 0 Å². The van der Waals surface area contributed by atoms with Crippen molar-refractivity contribution in [3.63, 3.8) is 0 Å². The highest BCUT2D eigenvalue weighted by atomic mass is 79.9. The monoisotopic (exact) mass is 429 g/mol. The van der Waals surface area contributed by atoms with Gasteiger partial charge in [0.15, 0.2) is 0 Å². The number of nitrogens with zero attached hydrogens (tertiary/aromatic N) is 1. The summed E-state index contributed by atoms with van der Waals surface area (Å²) in [6, 6.07) is 9.54. The molecule has 0 aliphatic carbocycles. The van der Waals surface area contributed by atoms with Gasteiger partial charge in [-0.1, -0.05) is 12.1 Å². The van der Waals surface area contributed by atoms with E-state index in [0.717, 1.165) is 6.20 Å². The minimum atomic E-state index is -0.532. The van der Waals surface area contributed by atoms with Crippen molar-refractivity contribution in [1.82, 2.24) is 0 Å². The normalized spacial score (nSPS) is 10.9. The van der Waals surface area contributed by atoms with E-state index in [1.165, 1.54) is 18.2 Å². The number of ether oxygens (including phenoxy) is 1. The van der Waals surface area contributed by atoms with Crippen LogP contribution in [0.2, 0.25) is 0 Å². The van der Waals surface area contributed by atoms with Gasteiger partial charge in [0.05, 0.1) is 13.9 Å². The number of rotatable bonds is 5. The van der Waals surface area contributed by atoms with E-state index in [0.29, 0.717) is 25.8 Å². The van der Waals surface area contributed by atoms with Crippen LogP contribution in [-0.2, 0) is 6.61 Å². The highest BCUT2D eigenvalue weighted by Gasteiger charge is 2.09. The molecular formula is C15H10Br2FNO3. The quantitative estimate of drug-likeness (QED) is 0.485. The van der Waals surface area contributed by atoms with Crippen LogP contribution in [0.5, 0.6) is 5.75 Å². The first kappa shape index (κ1) is 16.6. The SMILES string of the molecule is O=[N+]([O-])/C=C/c1cc(Br)c(OCc2cccc(F)c2)c(Br)c1. The van der Waals surface area contributed by atoms with Gasteiger partial charge in [-0.05, 0) is 67.3 Å². The molecule has 2 rings (SSSR count). The predicted octanol–water partition coefficient (Wildman–Crippen LogP) is 5.18. The maximum atomic E-state index is 13.1. The zero-order chi connectivity index (χ0) is 16.1. The second kappa shape index (κ2) is 7.51. The molecule has 0 heterocycles. The molecule has 0 radical (unpaired) electrons. The Hall–Kier alpha value is -1.73. The van der Waals surface area contributed by atoms with Gasteiger partial charge in [-0.25, -0.2) is 4.39 Å². The van der Waals surface area contributed by atoms with Crippen LogP contribution in [0, 0.1) is 15.9 Å². The fourth-order valence-electron chi connectivity index (χ4n) is 1.74. The minimum absolute atomic E-state index is 0.207. The first-order valence-electron chi connectivity index (χ1n) is 6.13. The summed E-state index contributed by atoms with van der Waals surface area (Å²) in [5, 5.41) is 10.3. The van der Waals surface area contributed by atoms with Crippen LogP contribution >= 0.6 is 31.9 Å². The van der Waals surface area contributed by atoms with E-state index in [4.69, 9.17) is 4.74 Å². The maximum absolute atomic E-state index is 13.1. The third kappa shape index (κ3) is 4.64. The molecule has 22 heavy (non-hydrogen) atoms. The second-order valence-corrected chi connectivity index (χ2v) is 6.04. The molecule has 0 aliphatic heterocycles. The molecule has 0 spiro atoms. The molecule has 0 saturated heterocycles. The van der Waals surface area contributed by atoms with Crippen LogP contribution in [0.25, 0.3) is 6.08 Å². The summed E-state index contributed by atoms with van der Waals surface area (Å²) < 4.78 is 20.1. The summed E-state index contributed by atoms with van der Waals surface area (Å²) in [5.74, 6) is 0.224. The molecule has 4 nitrogen and oxygen atoms in total. The molecule has 2 aromatic carbocycles. The Kier molecular flexibility index (Phi) is 5.68. The van der Waals surface area contributed by atoms with Gasteiger partial charge in [0, 0.05) is 6.08 Å². The summed E-state index contributed by atoms with van der Waals surface area (Å²) in [6.07, 6.45) is 2.24. The van der Waals surface area contributed by atoms with Crippen molar-refractivity contribution in [2.45, 2.75) is 6.61 Å². The molecule has 0 fully saturated rings. The molecule has 0 unspecified atom stereocenters.